The van der Waals surface area contributed by atoms with Gasteiger partial charge in [0.15, 0.2) is 0 Å². The Balaban J connectivity index is 3.21. The second-order valence-corrected chi connectivity index (χ2v) is 4.86. The molecule has 1 heterocycles. The topological polar surface area (TPSA) is 53.4 Å². The lowest BCUT2D eigenvalue weighted by Gasteiger charge is -2.33. The normalized spacial score (nSPS) is 12.4. The van der Waals surface area contributed by atoms with Crippen LogP contribution in [-0.4, -0.2) is 28.6 Å². The van der Waals surface area contributed by atoms with Gasteiger partial charge in [0, 0.05) is 13.2 Å². The summed E-state index contributed by atoms with van der Waals surface area (Å²) in [6, 6.07) is 0.721. The Morgan fingerprint density at radius 1 is 1.42 bits per heavy atom. The predicted molar refractivity (Wildman–Crippen MR) is 64.4 cm³/mol. The summed E-state index contributed by atoms with van der Waals surface area (Å²) in [5.41, 5.74) is -2.33. The molecule has 0 saturated heterocycles. The van der Waals surface area contributed by atoms with Crippen LogP contribution in [-0.2, 0) is 11.0 Å². The highest BCUT2D eigenvalue weighted by Crippen LogP contribution is 2.34. The molecule has 4 nitrogen and oxygen atoms in total. The number of aliphatic carboxylic acids is 1. The zero-order valence-corrected chi connectivity index (χ0v) is 11.2. The van der Waals surface area contributed by atoms with Crippen molar-refractivity contribution in [1.29, 1.82) is 0 Å². The van der Waals surface area contributed by atoms with Crippen molar-refractivity contribution in [3.63, 3.8) is 0 Å². The number of likely N-dealkylation sites (N-methyl/N-ethyl adjacent to an activating group) is 1. The highest BCUT2D eigenvalue weighted by molar-refractivity contribution is 6.33. The van der Waals surface area contributed by atoms with Gasteiger partial charge >= 0.3 is 12.1 Å². The van der Waals surface area contributed by atoms with Gasteiger partial charge in [0.25, 0.3) is 0 Å². The van der Waals surface area contributed by atoms with Crippen molar-refractivity contribution in [2.24, 2.45) is 0 Å². The van der Waals surface area contributed by atoms with Crippen molar-refractivity contribution < 1.29 is 23.1 Å². The summed E-state index contributed by atoms with van der Waals surface area (Å²) in [6.45, 7) is 2.79. The van der Waals surface area contributed by atoms with Crippen LogP contribution in [0.15, 0.2) is 12.3 Å². The number of halogens is 4. The average molecular weight is 297 g/mol. The van der Waals surface area contributed by atoms with Crippen LogP contribution in [0.25, 0.3) is 0 Å². The lowest BCUT2D eigenvalue weighted by molar-refractivity contribution is -0.142. The molecule has 19 heavy (non-hydrogen) atoms. The van der Waals surface area contributed by atoms with Crippen LogP contribution < -0.4 is 4.90 Å². The van der Waals surface area contributed by atoms with Gasteiger partial charge in [-0.3, -0.25) is 0 Å². The van der Waals surface area contributed by atoms with Crippen LogP contribution in [0.3, 0.4) is 0 Å². The highest BCUT2D eigenvalue weighted by atomic mass is 35.5. The first-order chi connectivity index (χ1) is 8.48. The smallest absolute Gasteiger partial charge is 0.417 e. The molecule has 0 amide bonds. The summed E-state index contributed by atoms with van der Waals surface area (Å²) in [5, 5.41) is 8.80. The number of carbonyl (C=O) groups is 1. The average Bonchev–Trinajstić information content (AvgIpc) is 2.26. The summed E-state index contributed by atoms with van der Waals surface area (Å²) >= 11 is 5.74. The number of hydrogen-bond acceptors (Lipinski definition) is 3. The summed E-state index contributed by atoms with van der Waals surface area (Å²) in [6.07, 6.45) is -3.92. The maximum absolute atomic E-state index is 12.5. The van der Waals surface area contributed by atoms with E-state index < -0.39 is 23.2 Å². The van der Waals surface area contributed by atoms with Crippen molar-refractivity contribution in [2.45, 2.75) is 25.6 Å². The van der Waals surface area contributed by atoms with Crippen LogP contribution in [0.5, 0.6) is 0 Å². The summed E-state index contributed by atoms with van der Waals surface area (Å²) in [5.74, 6) is -1.17. The van der Waals surface area contributed by atoms with Crippen molar-refractivity contribution in [3.05, 3.63) is 22.8 Å². The Hall–Kier alpha value is -1.50. The minimum absolute atomic E-state index is 0.0259. The Bertz CT molecular complexity index is 503. The van der Waals surface area contributed by atoms with Gasteiger partial charge in [-0.2, -0.15) is 13.2 Å². The van der Waals surface area contributed by atoms with Crippen LogP contribution in [0.2, 0.25) is 5.02 Å². The number of alkyl halides is 3. The molecule has 0 unspecified atom stereocenters. The van der Waals surface area contributed by atoms with E-state index in [-0.39, 0.29) is 10.8 Å². The van der Waals surface area contributed by atoms with Crippen molar-refractivity contribution in [2.75, 3.05) is 11.9 Å². The Kier molecular flexibility index (Phi) is 4.00. The third-order valence-electron chi connectivity index (χ3n) is 2.83. The van der Waals surface area contributed by atoms with Crippen molar-refractivity contribution >= 4 is 23.4 Å². The second kappa shape index (κ2) is 4.88. The van der Waals surface area contributed by atoms with E-state index in [2.05, 4.69) is 4.98 Å². The number of hydrogen-bond donors (Lipinski definition) is 1. The Morgan fingerprint density at radius 2 is 1.95 bits per heavy atom. The summed E-state index contributed by atoms with van der Waals surface area (Å²) < 4.78 is 37.4. The number of nitrogens with zero attached hydrogens (tertiary/aromatic N) is 2. The quantitative estimate of drug-likeness (QED) is 0.931. The minimum Gasteiger partial charge on any atom is -0.480 e. The molecule has 0 spiro atoms. The molecule has 8 heteroatoms. The number of carboxylic acid groups (broad SMARTS) is 1. The van der Waals surface area contributed by atoms with Gasteiger partial charge < -0.3 is 10.0 Å². The number of rotatable bonds is 3. The molecule has 0 fully saturated rings. The van der Waals surface area contributed by atoms with Crippen molar-refractivity contribution in [3.8, 4) is 0 Å². The molecule has 1 aromatic rings. The molecule has 0 aliphatic rings. The lowest BCUT2D eigenvalue weighted by atomic mass is 10.0. The van der Waals surface area contributed by atoms with Crippen molar-refractivity contribution in [1.82, 2.24) is 4.98 Å². The minimum atomic E-state index is -4.55. The fourth-order valence-electron chi connectivity index (χ4n) is 1.24. The molecule has 0 atom stereocenters. The summed E-state index contributed by atoms with van der Waals surface area (Å²) in [4.78, 5) is 15.9. The van der Waals surface area contributed by atoms with Gasteiger partial charge in [-0.05, 0) is 19.9 Å². The zero-order chi connectivity index (χ0) is 15.0. The van der Waals surface area contributed by atoms with Crippen LogP contribution in [0, 0.1) is 0 Å². The first-order valence-corrected chi connectivity index (χ1v) is 5.55. The second-order valence-electron chi connectivity index (χ2n) is 4.45. The number of carboxylic acids is 1. The maximum atomic E-state index is 12.5. The molecular weight excluding hydrogens is 285 g/mol. The first kappa shape index (κ1) is 15.6. The van der Waals surface area contributed by atoms with Gasteiger partial charge in [-0.25, -0.2) is 9.78 Å². The van der Waals surface area contributed by atoms with Crippen LogP contribution >= 0.6 is 11.6 Å². The van der Waals surface area contributed by atoms with Gasteiger partial charge in [0.1, 0.15) is 11.4 Å². The van der Waals surface area contributed by atoms with E-state index in [4.69, 9.17) is 16.7 Å². The molecule has 0 saturated carbocycles. The molecule has 1 rings (SSSR count). The molecule has 1 N–H and O–H groups in total. The van der Waals surface area contributed by atoms with E-state index in [1.807, 2.05) is 0 Å². The number of aromatic nitrogens is 1. The molecule has 106 valence electrons. The monoisotopic (exact) mass is 296 g/mol. The standard InChI is InChI=1S/C11H12ClF3N2O2/c1-10(2,9(18)19)17(3)8-7(12)4-6(5-16-8)11(13,14)15/h4-5H,1-3H3,(H,18,19). The Morgan fingerprint density at radius 3 is 2.32 bits per heavy atom. The Labute approximate surface area is 112 Å². The number of pyridine rings is 1. The SMILES string of the molecule is CN(c1ncc(C(F)(F)F)cc1Cl)C(C)(C)C(=O)O. The largest absolute Gasteiger partial charge is 0.480 e. The fraction of sp³-hybridized carbons (Fsp3) is 0.455. The maximum Gasteiger partial charge on any atom is 0.417 e. The summed E-state index contributed by atoms with van der Waals surface area (Å²) in [7, 11) is 1.40. The van der Waals surface area contributed by atoms with E-state index in [1.165, 1.54) is 25.8 Å². The highest BCUT2D eigenvalue weighted by Gasteiger charge is 2.36. The molecule has 0 aliphatic heterocycles. The number of anilines is 1. The predicted octanol–water partition coefficient (Wildman–Crippen LogP) is 3.05. The van der Waals surface area contributed by atoms with Gasteiger partial charge in [0.2, 0.25) is 0 Å². The molecule has 0 radical (unpaired) electrons. The van der Waals surface area contributed by atoms with Crippen LogP contribution in [0.4, 0.5) is 19.0 Å². The fourth-order valence-corrected chi connectivity index (χ4v) is 1.53. The molecule has 1 aromatic heterocycles. The van der Waals surface area contributed by atoms with E-state index in [0.717, 1.165) is 6.07 Å². The van der Waals surface area contributed by atoms with Crippen LogP contribution in [0.1, 0.15) is 19.4 Å². The van der Waals surface area contributed by atoms with E-state index in [9.17, 15) is 18.0 Å². The van der Waals surface area contributed by atoms with E-state index in [1.54, 1.807) is 0 Å². The van der Waals surface area contributed by atoms with Gasteiger partial charge in [-0.1, -0.05) is 11.6 Å². The molecule has 0 bridgehead atoms. The zero-order valence-electron chi connectivity index (χ0n) is 10.4. The first-order valence-electron chi connectivity index (χ1n) is 5.18. The molecule has 0 aromatic carbocycles. The van der Waals surface area contributed by atoms with E-state index >= 15 is 0 Å². The van der Waals surface area contributed by atoms with Gasteiger partial charge in [-0.15, -0.1) is 0 Å². The van der Waals surface area contributed by atoms with Gasteiger partial charge in [0.05, 0.1) is 10.6 Å². The lowest BCUT2D eigenvalue weighted by Crippen LogP contribution is -2.48. The third-order valence-corrected chi connectivity index (χ3v) is 3.11. The van der Waals surface area contributed by atoms with E-state index in [0.29, 0.717) is 6.20 Å². The third kappa shape index (κ3) is 3.09. The molecule has 0 aliphatic carbocycles. The molecular formula is C11H12ClF3N2O2.